The summed E-state index contributed by atoms with van der Waals surface area (Å²) in [6.45, 7) is 3.89. The average molecular weight is 554 g/mol. The number of nitrogens with zero attached hydrogens (tertiary/aromatic N) is 3. The molecular formula is C32H31N3O6. The van der Waals surface area contributed by atoms with Crippen molar-refractivity contribution in [2.75, 3.05) is 47.2 Å². The van der Waals surface area contributed by atoms with Crippen LogP contribution in [0.25, 0.3) is 16.9 Å². The van der Waals surface area contributed by atoms with E-state index in [9.17, 15) is 9.59 Å². The van der Waals surface area contributed by atoms with Crippen LogP contribution in [0.3, 0.4) is 0 Å². The summed E-state index contributed by atoms with van der Waals surface area (Å²) in [5, 5.41) is 0. The molecule has 0 bridgehead atoms. The minimum atomic E-state index is -0.0856. The summed E-state index contributed by atoms with van der Waals surface area (Å²) in [6.07, 6.45) is 0. The largest absolute Gasteiger partial charge is 0.493 e. The molecule has 9 nitrogen and oxygen atoms in total. The van der Waals surface area contributed by atoms with Crippen LogP contribution in [-0.2, 0) is 0 Å². The highest BCUT2D eigenvalue weighted by molar-refractivity contribution is 5.98. The van der Waals surface area contributed by atoms with Crippen molar-refractivity contribution in [1.29, 1.82) is 0 Å². The third-order valence-corrected chi connectivity index (χ3v) is 7.65. The lowest BCUT2D eigenvalue weighted by molar-refractivity contribution is 0.0535. The van der Waals surface area contributed by atoms with Crippen LogP contribution < -0.4 is 18.9 Å². The third-order valence-electron chi connectivity index (χ3n) is 7.65. The lowest BCUT2D eigenvalue weighted by Gasteiger charge is -2.35. The summed E-state index contributed by atoms with van der Waals surface area (Å²) >= 11 is 0. The number of aromatic nitrogens is 1. The number of piperazine rings is 1. The molecule has 41 heavy (non-hydrogen) atoms. The lowest BCUT2D eigenvalue weighted by Crippen LogP contribution is -2.50. The number of hydrogen-bond donors (Lipinski definition) is 0. The molecule has 2 aliphatic rings. The Bertz CT molecular complexity index is 1610. The van der Waals surface area contributed by atoms with Gasteiger partial charge in [-0.1, -0.05) is 30.3 Å². The summed E-state index contributed by atoms with van der Waals surface area (Å²) in [5.41, 5.74) is 4.73. The van der Waals surface area contributed by atoms with Crippen molar-refractivity contribution < 1.29 is 28.5 Å². The number of ether oxygens (including phenoxy) is 4. The second-order valence-corrected chi connectivity index (χ2v) is 9.92. The van der Waals surface area contributed by atoms with Gasteiger partial charge in [0.15, 0.2) is 23.0 Å². The van der Waals surface area contributed by atoms with E-state index in [2.05, 4.69) is 4.57 Å². The summed E-state index contributed by atoms with van der Waals surface area (Å²) in [7, 11) is 3.21. The molecule has 0 atom stereocenters. The van der Waals surface area contributed by atoms with E-state index >= 15 is 0 Å². The molecule has 0 radical (unpaired) electrons. The van der Waals surface area contributed by atoms with E-state index in [-0.39, 0.29) is 18.6 Å². The van der Waals surface area contributed by atoms with Crippen LogP contribution in [0, 0.1) is 6.92 Å². The average Bonchev–Trinajstić information content (AvgIpc) is 3.64. The van der Waals surface area contributed by atoms with Crippen molar-refractivity contribution in [3.8, 4) is 39.9 Å². The van der Waals surface area contributed by atoms with Gasteiger partial charge in [-0.25, -0.2) is 0 Å². The van der Waals surface area contributed by atoms with Crippen molar-refractivity contribution in [3.05, 3.63) is 89.6 Å². The number of fused-ring (bicyclic) bond motifs is 1. The number of rotatable bonds is 6. The molecule has 0 N–H and O–H groups in total. The minimum Gasteiger partial charge on any atom is -0.493 e. The SMILES string of the molecule is COc1ccc(-n2c(-c3ccccc3)cc(C(=O)N3CCN(C(=O)c4ccc5c(c4)OCO5)CC3)c2C)cc1OC. The first kappa shape index (κ1) is 26.3. The van der Waals surface area contributed by atoms with Gasteiger partial charge in [0, 0.05) is 49.2 Å². The number of carbonyl (C=O) groups is 2. The van der Waals surface area contributed by atoms with E-state index in [0.29, 0.717) is 60.3 Å². The first-order valence-corrected chi connectivity index (χ1v) is 13.5. The van der Waals surface area contributed by atoms with Gasteiger partial charge in [0.1, 0.15) is 0 Å². The zero-order chi connectivity index (χ0) is 28.5. The minimum absolute atomic E-state index is 0.0610. The number of hydrogen-bond acceptors (Lipinski definition) is 6. The zero-order valence-electron chi connectivity index (χ0n) is 23.3. The predicted octanol–water partition coefficient (Wildman–Crippen LogP) is 4.80. The molecule has 3 aromatic carbocycles. The Morgan fingerprint density at radius 3 is 2.12 bits per heavy atom. The molecule has 0 aliphatic carbocycles. The fourth-order valence-corrected chi connectivity index (χ4v) is 5.44. The maximum atomic E-state index is 13.9. The normalized spacial score (nSPS) is 14.2. The Labute approximate surface area is 238 Å². The van der Waals surface area contributed by atoms with Crippen molar-refractivity contribution in [2.24, 2.45) is 0 Å². The monoisotopic (exact) mass is 553 g/mol. The lowest BCUT2D eigenvalue weighted by atomic mass is 10.1. The molecule has 1 aromatic heterocycles. The van der Waals surface area contributed by atoms with E-state index in [1.807, 2.05) is 66.4 Å². The number of carbonyl (C=O) groups excluding carboxylic acids is 2. The third kappa shape index (κ3) is 4.84. The molecule has 6 rings (SSSR count). The Balaban J connectivity index is 1.26. The van der Waals surface area contributed by atoms with Crippen molar-refractivity contribution in [1.82, 2.24) is 14.4 Å². The highest BCUT2D eigenvalue weighted by atomic mass is 16.7. The van der Waals surface area contributed by atoms with Gasteiger partial charge in [-0.05, 0) is 48.9 Å². The summed E-state index contributed by atoms with van der Waals surface area (Å²) in [6, 6.07) is 22.9. The molecule has 2 aliphatic heterocycles. The second-order valence-electron chi connectivity index (χ2n) is 9.92. The molecule has 4 aromatic rings. The van der Waals surface area contributed by atoms with Crippen molar-refractivity contribution in [2.45, 2.75) is 6.92 Å². The smallest absolute Gasteiger partial charge is 0.255 e. The van der Waals surface area contributed by atoms with Crippen LogP contribution in [0.4, 0.5) is 0 Å². The second kappa shape index (κ2) is 10.9. The topological polar surface area (TPSA) is 82.5 Å². The van der Waals surface area contributed by atoms with Gasteiger partial charge in [-0.3, -0.25) is 9.59 Å². The molecule has 2 amide bonds. The quantitative estimate of drug-likeness (QED) is 0.341. The number of benzene rings is 3. The van der Waals surface area contributed by atoms with Gasteiger partial charge in [0.05, 0.1) is 25.5 Å². The van der Waals surface area contributed by atoms with Gasteiger partial charge in [0.2, 0.25) is 6.79 Å². The Morgan fingerprint density at radius 2 is 1.41 bits per heavy atom. The van der Waals surface area contributed by atoms with Crippen LogP contribution in [0.15, 0.2) is 72.8 Å². The van der Waals surface area contributed by atoms with Crippen molar-refractivity contribution >= 4 is 11.8 Å². The van der Waals surface area contributed by atoms with Crippen LogP contribution >= 0.6 is 0 Å². The Kier molecular flexibility index (Phi) is 7.01. The highest BCUT2D eigenvalue weighted by Gasteiger charge is 2.29. The Morgan fingerprint density at radius 1 is 0.732 bits per heavy atom. The summed E-state index contributed by atoms with van der Waals surface area (Å²) < 4.78 is 23.8. The molecule has 3 heterocycles. The maximum Gasteiger partial charge on any atom is 0.255 e. The standard InChI is InChI=1S/C32H31N3O6/c1-21-25(19-26(22-7-5-4-6-8-22)35(21)24-10-12-27(38-2)29(18-24)39-3)32(37)34-15-13-33(14-16-34)31(36)23-9-11-28-30(17-23)41-20-40-28/h4-12,17-19H,13-16,20H2,1-3H3. The van der Waals surface area contributed by atoms with Gasteiger partial charge in [-0.15, -0.1) is 0 Å². The van der Waals surface area contributed by atoms with E-state index < -0.39 is 0 Å². The van der Waals surface area contributed by atoms with Crippen LogP contribution in [0.5, 0.6) is 23.0 Å². The van der Waals surface area contributed by atoms with Gasteiger partial charge in [-0.2, -0.15) is 0 Å². The van der Waals surface area contributed by atoms with E-state index in [0.717, 1.165) is 22.6 Å². The van der Waals surface area contributed by atoms with Crippen LogP contribution in [0.2, 0.25) is 0 Å². The summed E-state index contributed by atoms with van der Waals surface area (Å²) in [5.74, 6) is 2.31. The van der Waals surface area contributed by atoms with Gasteiger partial charge in [0.25, 0.3) is 11.8 Å². The molecule has 0 unspecified atom stereocenters. The molecular weight excluding hydrogens is 522 g/mol. The summed E-state index contributed by atoms with van der Waals surface area (Å²) in [4.78, 5) is 30.6. The van der Waals surface area contributed by atoms with E-state index in [1.54, 1.807) is 37.3 Å². The predicted molar refractivity (Wildman–Crippen MR) is 153 cm³/mol. The first-order chi connectivity index (χ1) is 20.0. The van der Waals surface area contributed by atoms with Crippen LogP contribution in [-0.4, -0.2) is 73.4 Å². The van der Waals surface area contributed by atoms with E-state index in [4.69, 9.17) is 18.9 Å². The fraction of sp³-hybridized carbons (Fsp3) is 0.250. The van der Waals surface area contributed by atoms with E-state index in [1.165, 1.54) is 0 Å². The fourth-order valence-electron chi connectivity index (χ4n) is 5.44. The molecule has 9 heteroatoms. The Hall–Kier alpha value is -4.92. The first-order valence-electron chi connectivity index (χ1n) is 13.5. The van der Waals surface area contributed by atoms with Crippen molar-refractivity contribution in [3.63, 3.8) is 0 Å². The van der Waals surface area contributed by atoms with Gasteiger partial charge >= 0.3 is 0 Å². The number of methoxy groups -OCH3 is 2. The molecule has 1 fully saturated rings. The zero-order valence-corrected chi connectivity index (χ0v) is 23.3. The molecule has 0 spiro atoms. The molecule has 1 saturated heterocycles. The van der Waals surface area contributed by atoms with Crippen LogP contribution in [0.1, 0.15) is 26.4 Å². The number of amides is 2. The molecule has 0 saturated carbocycles. The highest BCUT2D eigenvalue weighted by Crippen LogP contribution is 2.35. The molecule has 210 valence electrons. The maximum absolute atomic E-state index is 13.9. The van der Waals surface area contributed by atoms with Gasteiger partial charge < -0.3 is 33.3 Å².